The molecule has 1 atom stereocenters. The highest BCUT2D eigenvalue weighted by Crippen LogP contribution is 2.44. The SMILES string of the molecule is COC(C)(C)CNC(=O)c1nc(-c2cc(C(OC(=O)C(F)(F)F)(C(N)=O)C(F)(F)F)ccc2C)cnc1N. The number of alkyl halides is 6. The number of halogens is 6. The summed E-state index contributed by atoms with van der Waals surface area (Å²) in [4.78, 5) is 43.9. The number of nitrogens with one attached hydrogen (secondary N) is 1. The fourth-order valence-corrected chi connectivity index (χ4v) is 3.07. The van der Waals surface area contributed by atoms with Crippen LogP contribution in [0.15, 0.2) is 24.4 Å². The molecule has 0 spiro atoms. The van der Waals surface area contributed by atoms with Gasteiger partial charge in [-0.2, -0.15) is 26.3 Å². The molecule has 0 bridgehead atoms. The number of primary amides is 1. The first-order valence-electron chi connectivity index (χ1n) is 10.5. The minimum atomic E-state index is -5.90. The summed E-state index contributed by atoms with van der Waals surface area (Å²) in [5.74, 6) is -6.87. The number of methoxy groups -OCH3 is 1. The molecule has 1 heterocycles. The second kappa shape index (κ2) is 10.4. The van der Waals surface area contributed by atoms with Crippen molar-refractivity contribution in [1.29, 1.82) is 0 Å². The fraction of sp³-hybridized carbons (Fsp3) is 0.409. The number of hydrogen-bond acceptors (Lipinski definition) is 8. The zero-order chi connectivity index (χ0) is 29.3. The number of benzene rings is 1. The van der Waals surface area contributed by atoms with Crippen LogP contribution in [0.2, 0.25) is 0 Å². The van der Waals surface area contributed by atoms with E-state index in [4.69, 9.17) is 16.2 Å². The Kier molecular flexibility index (Phi) is 8.31. The molecule has 0 saturated heterocycles. The predicted molar refractivity (Wildman–Crippen MR) is 119 cm³/mol. The molecule has 1 aromatic heterocycles. The summed E-state index contributed by atoms with van der Waals surface area (Å²) in [6, 6.07) is 2.22. The number of amides is 2. The van der Waals surface area contributed by atoms with Gasteiger partial charge in [-0.1, -0.05) is 12.1 Å². The summed E-state index contributed by atoms with van der Waals surface area (Å²) in [5, 5.41) is 2.51. The molecule has 208 valence electrons. The average Bonchev–Trinajstić information content (AvgIpc) is 2.80. The minimum absolute atomic E-state index is 0.0134. The van der Waals surface area contributed by atoms with Gasteiger partial charge in [0, 0.05) is 24.8 Å². The molecule has 5 N–H and O–H groups in total. The van der Waals surface area contributed by atoms with Crippen molar-refractivity contribution in [3.63, 3.8) is 0 Å². The van der Waals surface area contributed by atoms with E-state index < -0.39 is 52.6 Å². The molecule has 0 aliphatic rings. The topological polar surface area (TPSA) is 160 Å². The molecule has 38 heavy (non-hydrogen) atoms. The molecular formula is C22H23F6N5O5. The number of ether oxygens (including phenoxy) is 2. The molecule has 2 amide bonds. The van der Waals surface area contributed by atoms with E-state index in [1.807, 2.05) is 0 Å². The number of carbonyl (C=O) groups is 3. The van der Waals surface area contributed by atoms with E-state index >= 15 is 0 Å². The van der Waals surface area contributed by atoms with Gasteiger partial charge in [0.1, 0.15) is 0 Å². The number of hydrogen-bond donors (Lipinski definition) is 3. The van der Waals surface area contributed by atoms with Gasteiger partial charge in [-0.25, -0.2) is 14.8 Å². The van der Waals surface area contributed by atoms with Crippen LogP contribution in [-0.4, -0.2) is 59.4 Å². The lowest BCUT2D eigenvalue weighted by Gasteiger charge is -2.33. The van der Waals surface area contributed by atoms with Gasteiger partial charge in [0.15, 0.2) is 11.5 Å². The third-order valence-electron chi connectivity index (χ3n) is 5.39. The molecule has 2 aromatic rings. The Morgan fingerprint density at radius 2 is 1.68 bits per heavy atom. The summed E-state index contributed by atoms with van der Waals surface area (Å²) < 4.78 is 89.5. The zero-order valence-corrected chi connectivity index (χ0v) is 20.4. The molecule has 10 nitrogen and oxygen atoms in total. The van der Waals surface area contributed by atoms with Gasteiger partial charge in [0.2, 0.25) is 0 Å². The smallest absolute Gasteiger partial charge is 0.427 e. The van der Waals surface area contributed by atoms with Crippen LogP contribution in [-0.2, 0) is 24.7 Å². The van der Waals surface area contributed by atoms with E-state index in [0.29, 0.717) is 12.1 Å². The van der Waals surface area contributed by atoms with Gasteiger partial charge in [0.25, 0.3) is 11.8 Å². The van der Waals surface area contributed by atoms with E-state index in [-0.39, 0.29) is 29.2 Å². The number of nitrogens with zero attached hydrogens (tertiary/aromatic N) is 2. The van der Waals surface area contributed by atoms with Crippen molar-refractivity contribution < 1.29 is 50.2 Å². The second-order valence-corrected chi connectivity index (χ2v) is 8.60. The minimum Gasteiger partial charge on any atom is -0.427 e. The van der Waals surface area contributed by atoms with Crippen molar-refractivity contribution in [1.82, 2.24) is 15.3 Å². The Morgan fingerprint density at radius 3 is 2.18 bits per heavy atom. The third-order valence-corrected chi connectivity index (χ3v) is 5.39. The maximum Gasteiger partial charge on any atom is 0.490 e. The van der Waals surface area contributed by atoms with Crippen molar-refractivity contribution in [2.75, 3.05) is 19.4 Å². The molecule has 1 aromatic carbocycles. The molecule has 1 unspecified atom stereocenters. The lowest BCUT2D eigenvalue weighted by molar-refractivity contribution is -0.280. The summed E-state index contributed by atoms with van der Waals surface area (Å²) in [6.45, 7) is 4.74. The quantitative estimate of drug-likeness (QED) is 0.333. The van der Waals surface area contributed by atoms with Crippen molar-refractivity contribution >= 4 is 23.6 Å². The number of aryl methyl sites for hydroxylation is 1. The standard InChI is InChI=1S/C22H23F6N5O5/c1-10-5-6-11(20(17(30)35,22(26,27)28)38-18(36)21(23,24)25)7-12(10)13-8-31-15(29)14(33-13)16(34)32-9-19(2,3)37-4/h5-8H,9H2,1-4H3,(H2,29,31)(H2,30,35)(H,32,34). The summed E-state index contributed by atoms with van der Waals surface area (Å²) >= 11 is 0. The van der Waals surface area contributed by atoms with Gasteiger partial charge in [-0.15, -0.1) is 0 Å². The first kappa shape index (κ1) is 30.3. The van der Waals surface area contributed by atoms with Crippen molar-refractivity contribution in [3.05, 3.63) is 41.2 Å². The van der Waals surface area contributed by atoms with Crippen molar-refractivity contribution in [2.45, 2.75) is 44.3 Å². The van der Waals surface area contributed by atoms with Crippen LogP contribution in [0.3, 0.4) is 0 Å². The number of esters is 1. The lowest BCUT2D eigenvalue weighted by atomic mass is 9.88. The number of nitrogen functional groups attached to an aromatic ring is 1. The number of aromatic nitrogens is 2. The normalized spacial score (nSPS) is 13.9. The maximum absolute atomic E-state index is 14.1. The lowest BCUT2D eigenvalue weighted by Crippen LogP contribution is -2.57. The predicted octanol–water partition coefficient (Wildman–Crippen LogP) is 2.54. The highest BCUT2D eigenvalue weighted by Gasteiger charge is 2.66. The number of carbonyl (C=O) groups excluding carboxylic acids is 3. The molecule has 0 fully saturated rings. The van der Waals surface area contributed by atoms with Gasteiger partial charge in [-0.3, -0.25) is 9.59 Å². The fourth-order valence-electron chi connectivity index (χ4n) is 3.07. The molecule has 0 radical (unpaired) electrons. The van der Waals surface area contributed by atoms with Gasteiger partial charge < -0.3 is 26.3 Å². The van der Waals surface area contributed by atoms with E-state index in [1.165, 1.54) is 14.0 Å². The van der Waals surface area contributed by atoms with Crippen LogP contribution >= 0.6 is 0 Å². The molecule has 16 heteroatoms. The maximum atomic E-state index is 14.1. The zero-order valence-electron chi connectivity index (χ0n) is 20.4. The van der Waals surface area contributed by atoms with E-state index in [1.54, 1.807) is 13.8 Å². The summed E-state index contributed by atoms with van der Waals surface area (Å²) in [6.07, 6.45) is -10.8. The van der Waals surface area contributed by atoms with Crippen LogP contribution in [0.1, 0.15) is 35.5 Å². The first-order chi connectivity index (χ1) is 17.3. The Labute approximate surface area is 211 Å². The van der Waals surface area contributed by atoms with Gasteiger partial charge in [0.05, 0.1) is 17.5 Å². The van der Waals surface area contributed by atoms with Crippen molar-refractivity contribution in [3.8, 4) is 11.3 Å². The Hall–Kier alpha value is -3.95. The highest BCUT2D eigenvalue weighted by atomic mass is 19.4. The van der Waals surface area contributed by atoms with Crippen molar-refractivity contribution in [2.24, 2.45) is 5.73 Å². The molecule has 2 rings (SSSR count). The van der Waals surface area contributed by atoms with E-state index in [2.05, 4.69) is 20.0 Å². The van der Waals surface area contributed by atoms with E-state index in [0.717, 1.165) is 12.3 Å². The van der Waals surface area contributed by atoms with E-state index in [9.17, 15) is 40.7 Å². The number of anilines is 1. The van der Waals surface area contributed by atoms with Crippen LogP contribution < -0.4 is 16.8 Å². The van der Waals surface area contributed by atoms with Crippen LogP contribution in [0, 0.1) is 6.92 Å². The summed E-state index contributed by atoms with van der Waals surface area (Å²) in [5.41, 5.74) is 3.40. The first-order valence-corrected chi connectivity index (χ1v) is 10.5. The Morgan fingerprint density at radius 1 is 1.08 bits per heavy atom. The highest BCUT2D eigenvalue weighted by molar-refractivity contribution is 5.97. The molecule has 0 saturated carbocycles. The second-order valence-electron chi connectivity index (χ2n) is 8.60. The number of nitrogens with two attached hydrogens (primary N) is 2. The number of rotatable bonds is 8. The van der Waals surface area contributed by atoms with Crippen LogP contribution in [0.5, 0.6) is 0 Å². The Balaban J connectivity index is 2.67. The summed E-state index contributed by atoms with van der Waals surface area (Å²) in [7, 11) is 1.41. The monoisotopic (exact) mass is 551 g/mol. The largest absolute Gasteiger partial charge is 0.490 e. The molecule has 0 aliphatic heterocycles. The third kappa shape index (κ3) is 6.12. The molecule has 0 aliphatic carbocycles. The Bertz CT molecular complexity index is 1250. The molecular weight excluding hydrogens is 528 g/mol. The van der Waals surface area contributed by atoms with Gasteiger partial charge >= 0.3 is 23.9 Å². The average molecular weight is 551 g/mol. The van der Waals surface area contributed by atoms with Crippen LogP contribution in [0.4, 0.5) is 32.2 Å². The van der Waals surface area contributed by atoms with Gasteiger partial charge in [-0.05, 0) is 32.4 Å². The van der Waals surface area contributed by atoms with Crippen LogP contribution in [0.25, 0.3) is 11.3 Å².